The van der Waals surface area contributed by atoms with Gasteiger partial charge in [0.25, 0.3) is 0 Å². The normalized spacial score (nSPS) is 19.6. The summed E-state index contributed by atoms with van der Waals surface area (Å²) in [5, 5.41) is 9.58. The predicted octanol–water partition coefficient (Wildman–Crippen LogP) is 3.96. The Balaban J connectivity index is 1.94. The largest absolute Gasteiger partial charge is 0.494 e. The van der Waals surface area contributed by atoms with Crippen molar-refractivity contribution in [3.8, 4) is 5.75 Å². The van der Waals surface area contributed by atoms with Crippen molar-refractivity contribution in [2.75, 3.05) is 31.6 Å². The lowest BCUT2D eigenvalue weighted by atomic mass is 9.78. The van der Waals surface area contributed by atoms with Gasteiger partial charge >= 0.3 is 5.97 Å². The highest BCUT2D eigenvalue weighted by Gasteiger charge is 2.37. The number of nitrogens with two attached hydrogens (primary N) is 1. The van der Waals surface area contributed by atoms with Crippen LogP contribution < -0.4 is 15.4 Å². The summed E-state index contributed by atoms with van der Waals surface area (Å²) < 4.78 is 35.3. The van der Waals surface area contributed by atoms with Crippen molar-refractivity contribution >= 4 is 17.4 Å². The zero-order valence-electron chi connectivity index (χ0n) is 18.1. The molecule has 1 atom stereocenters. The van der Waals surface area contributed by atoms with E-state index in [1.165, 1.54) is 13.2 Å². The van der Waals surface area contributed by atoms with Crippen LogP contribution in [-0.2, 0) is 4.79 Å². The van der Waals surface area contributed by atoms with Gasteiger partial charge in [0, 0.05) is 36.7 Å². The Hall–Kier alpha value is -3.52. The number of benzene rings is 2. The van der Waals surface area contributed by atoms with Crippen LogP contribution >= 0.6 is 0 Å². The van der Waals surface area contributed by atoms with Crippen molar-refractivity contribution in [2.45, 2.75) is 18.8 Å². The summed E-state index contributed by atoms with van der Waals surface area (Å²) in [5.41, 5.74) is 6.74. The molecule has 0 saturated carbocycles. The van der Waals surface area contributed by atoms with Gasteiger partial charge in [-0.25, -0.2) is 13.6 Å². The highest BCUT2D eigenvalue weighted by Crippen LogP contribution is 2.47. The van der Waals surface area contributed by atoms with Crippen LogP contribution in [0.5, 0.6) is 5.75 Å². The second kappa shape index (κ2) is 9.15. The molecule has 1 fully saturated rings. The van der Waals surface area contributed by atoms with Crippen LogP contribution in [0.3, 0.4) is 0 Å². The molecule has 1 saturated heterocycles. The molecule has 1 aliphatic carbocycles. The third-order valence-corrected chi connectivity index (χ3v) is 6.14. The molecule has 2 aromatic carbocycles. The Morgan fingerprint density at radius 2 is 2.03 bits per heavy atom. The van der Waals surface area contributed by atoms with Crippen LogP contribution in [0.1, 0.15) is 40.2 Å². The highest BCUT2D eigenvalue weighted by atomic mass is 19.1. The zero-order chi connectivity index (χ0) is 23.7. The molecule has 0 spiro atoms. The summed E-state index contributed by atoms with van der Waals surface area (Å²) in [6.07, 6.45) is 2.51. The van der Waals surface area contributed by atoms with E-state index < -0.39 is 34.9 Å². The van der Waals surface area contributed by atoms with Gasteiger partial charge < -0.3 is 20.5 Å². The summed E-state index contributed by atoms with van der Waals surface area (Å²) in [5.74, 6) is -3.79. The van der Waals surface area contributed by atoms with Crippen LogP contribution in [0.15, 0.2) is 59.4 Å². The number of carboxylic acid groups (broad SMARTS) is 1. The van der Waals surface area contributed by atoms with E-state index in [1.807, 2.05) is 6.07 Å². The van der Waals surface area contributed by atoms with Gasteiger partial charge in [-0.05, 0) is 30.0 Å². The number of aliphatic carboxylic acids is 1. The third kappa shape index (κ3) is 4.02. The first-order chi connectivity index (χ1) is 15.9. The Morgan fingerprint density at radius 1 is 1.30 bits per heavy atom. The number of carboxylic acids is 1. The van der Waals surface area contributed by atoms with E-state index in [2.05, 4.69) is 0 Å². The van der Waals surface area contributed by atoms with Gasteiger partial charge in [0.2, 0.25) is 5.78 Å². The summed E-state index contributed by atoms with van der Waals surface area (Å²) in [4.78, 5) is 26.4. The van der Waals surface area contributed by atoms with Crippen LogP contribution in [0, 0.1) is 5.82 Å². The standard InChI is InChI=1S/C25H24F2N2O4/c1-33-24-21-16(14-6-3-2-4-7-14)10-18(25(31)32)23(30)17(21)11-19(26)22(24)29-9-5-8-15(13-29)20(27)12-28/h2-4,6-7,10-11,16H,5,8-9,12-13,28H2,1H3,(H,31,32)/b20-15+. The van der Waals surface area contributed by atoms with E-state index in [0.717, 1.165) is 11.6 Å². The van der Waals surface area contributed by atoms with Gasteiger partial charge in [-0.1, -0.05) is 36.4 Å². The van der Waals surface area contributed by atoms with Crippen LogP contribution in [0.2, 0.25) is 0 Å². The number of hydrogen-bond donors (Lipinski definition) is 2. The number of hydrogen-bond acceptors (Lipinski definition) is 5. The first kappa shape index (κ1) is 22.7. The Bertz CT molecular complexity index is 1170. The smallest absolute Gasteiger partial charge is 0.339 e. The number of ether oxygens (including phenoxy) is 1. The number of Topliss-reactive ketones (excluding diaryl/α,β-unsaturated/α-hetero) is 1. The van der Waals surface area contributed by atoms with E-state index in [4.69, 9.17) is 10.5 Å². The van der Waals surface area contributed by atoms with Gasteiger partial charge in [-0.2, -0.15) is 0 Å². The zero-order valence-corrected chi connectivity index (χ0v) is 18.1. The first-order valence-corrected chi connectivity index (χ1v) is 10.6. The summed E-state index contributed by atoms with van der Waals surface area (Å²) >= 11 is 0. The quantitative estimate of drug-likeness (QED) is 0.665. The highest BCUT2D eigenvalue weighted by molar-refractivity contribution is 6.25. The van der Waals surface area contributed by atoms with E-state index in [0.29, 0.717) is 30.5 Å². The van der Waals surface area contributed by atoms with Gasteiger partial charge in [-0.3, -0.25) is 4.79 Å². The van der Waals surface area contributed by atoms with E-state index in [9.17, 15) is 19.1 Å². The first-order valence-electron chi connectivity index (χ1n) is 10.6. The molecule has 0 amide bonds. The molecule has 1 aliphatic heterocycles. The number of allylic oxidation sites excluding steroid dienone is 1. The van der Waals surface area contributed by atoms with Crippen molar-refractivity contribution in [1.29, 1.82) is 0 Å². The van der Waals surface area contributed by atoms with Crippen molar-refractivity contribution in [3.63, 3.8) is 0 Å². The van der Waals surface area contributed by atoms with Gasteiger partial charge in [0.05, 0.1) is 7.11 Å². The fourth-order valence-corrected chi connectivity index (χ4v) is 4.62. The summed E-state index contributed by atoms with van der Waals surface area (Å²) in [6, 6.07) is 10.1. The van der Waals surface area contributed by atoms with Gasteiger partial charge in [0.1, 0.15) is 22.8 Å². The predicted molar refractivity (Wildman–Crippen MR) is 120 cm³/mol. The maximum Gasteiger partial charge on any atom is 0.339 e. The molecule has 6 nitrogen and oxygen atoms in total. The molecule has 0 bridgehead atoms. The molecule has 8 heteroatoms. The number of piperidine rings is 1. The molecule has 2 aliphatic rings. The monoisotopic (exact) mass is 454 g/mol. The minimum atomic E-state index is -1.38. The molecule has 4 rings (SSSR count). The molecular formula is C25H24F2N2O4. The molecule has 172 valence electrons. The fraction of sp³-hybridized carbons (Fsp3) is 0.280. The van der Waals surface area contributed by atoms with E-state index >= 15 is 4.39 Å². The van der Waals surface area contributed by atoms with Gasteiger partial charge in [0.15, 0.2) is 5.82 Å². The van der Waals surface area contributed by atoms with Crippen molar-refractivity contribution in [3.05, 3.63) is 82.0 Å². The SMILES string of the molecule is COc1c2c(cc(F)c1N1CCC/C(=C(\F)CN)C1)C(=O)C(C(=O)O)=CC2c1ccccc1. The molecule has 0 radical (unpaired) electrons. The molecule has 2 aromatic rings. The molecule has 3 N–H and O–H groups in total. The minimum absolute atomic E-state index is 0.0530. The number of anilines is 1. The average molecular weight is 454 g/mol. The molecule has 0 aromatic heterocycles. The lowest BCUT2D eigenvalue weighted by molar-refractivity contribution is -0.132. The number of rotatable bonds is 5. The lowest BCUT2D eigenvalue weighted by Crippen LogP contribution is -2.34. The summed E-state index contributed by atoms with van der Waals surface area (Å²) in [6.45, 7) is 0.392. The average Bonchev–Trinajstić information content (AvgIpc) is 2.83. The van der Waals surface area contributed by atoms with Crippen LogP contribution in [0.4, 0.5) is 14.5 Å². The maximum absolute atomic E-state index is 15.5. The van der Waals surface area contributed by atoms with Gasteiger partial charge in [-0.15, -0.1) is 0 Å². The maximum atomic E-state index is 15.5. The number of nitrogens with zero attached hydrogens (tertiary/aromatic N) is 1. The number of halogens is 2. The molecule has 1 unspecified atom stereocenters. The van der Waals surface area contributed by atoms with E-state index in [-0.39, 0.29) is 30.1 Å². The van der Waals surface area contributed by atoms with Crippen molar-refractivity contribution in [2.24, 2.45) is 5.73 Å². The fourth-order valence-electron chi connectivity index (χ4n) is 4.62. The second-order valence-electron chi connectivity index (χ2n) is 8.04. The number of ketones is 1. The topological polar surface area (TPSA) is 92.9 Å². The van der Waals surface area contributed by atoms with Crippen molar-refractivity contribution in [1.82, 2.24) is 0 Å². The third-order valence-electron chi connectivity index (χ3n) is 6.14. The Morgan fingerprint density at radius 3 is 2.67 bits per heavy atom. The second-order valence-corrected chi connectivity index (χ2v) is 8.04. The molecule has 33 heavy (non-hydrogen) atoms. The Labute approximate surface area is 190 Å². The number of fused-ring (bicyclic) bond motifs is 1. The number of carbonyl (C=O) groups excluding carboxylic acids is 1. The molecular weight excluding hydrogens is 430 g/mol. The minimum Gasteiger partial charge on any atom is -0.494 e. The van der Waals surface area contributed by atoms with E-state index in [1.54, 1.807) is 29.2 Å². The van der Waals surface area contributed by atoms with Crippen LogP contribution in [0.25, 0.3) is 0 Å². The lowest BCUT2D eigenvalue weighted by Gasteiger charge is -2.34. The number of carbonyl (C=O) groups is 2. The van der Waals surface area contributed by atoms with Crippen LogP contribution in [-0.4, -0.2) is 43.6 Å². The number of methoxy groups -OCH3 is 1. The molecule has 1 heterocycles. The summed E-state index contributed by atoms with van der Waals surface area (Å²) in [7, 11) is 1.38. The van der Waals surface area contributed by atoms with Crippen molar-refractivity contribution < 1.29 is 28.2 Å². The Kier molecular flexibility index (Phi) is 6.29.